The lowest BCUT2D eigenvalue weighted by Gasteiger charge is -2.26. The zero-order valence-electron chi connectivity index (χ0n) is 20.1. The van der Waals surface area contributed by atoms with E-state index in [9.17, 15) is 22.2 Å². The van der Waals surface area contributed by atoms with Crippen LogP contribution in [0.5, 0.6) is 0 Å². The van der Waals surface area contributed by atoms with Crippen molar-refractivity contribution in [1.82, 2.24) is 14.8 Å². The molecule has 4 rings (SSSR count). The minimum Gasteiger partial charge on any atom is -0.356 e. The molecule has 1 saturated heterocycles. The van der Waals surface area contributed by atoms with Crippen molar-refractivity contribution in [2.45, 2.75) is 37.0 Å². The number of benzene rings is 1. The number of hydrogen-bond donors (Lipinski definition) is 2. The molecule has 1 aliphatic heterocycles. The number of aromatic nitrogens is 3. The van der Waals surface area contributed by atoms with E-state index >= 15 is 0 Å². The quantitative estimate of drug-likeness (QED) is 0.501. The zero-order chi connectivity index (χ0) is 26.3. The molecule has 2 aromatic heterocycles. The Morgan fingerprint density at radius 1 is 1.22 bits per heavy atom. The molecule has 12 heteroatoms. The van der Waals surface area contributed by atoms with Gasteiger partial charge in [-0.15, -0.1) is 0 Å². The molecule has 1 unspecified atom stereocenters. The van der Waals surface area contributed by atoms with E-state index in [1.165, 1.54) is 12.1 Å². The van der Waals surface area contributed by atoms with Gasteiger partial charge >= 0.3 is 0 Å². The molecule has 2 N–H and O–H groups in total. The first-order valence-electron chi connectivity index (χ1n) is 11.3. The molecule has 36 heavy (non-hydrogen) atoms. The largest absolute Gasteiger partial charge is 0.356 e. The summed E-state index contributed by atoms with van der Waals surface area (Å²) in [5.74, 6) is -3.90. The summed E-state index contributed by atoms with van der Waals surface area (Å²) in [6.07, 6.45) is 5.76. The molecule has 0 aliphatic carbocycles. The molecule has 3 aromatic rings. The van der Waals surface area contributed by atoms with Gasteiger partial charge < -0.3 is 10.2 Å². The number of hydrogen-bond acceptors (Lipinski definition) is 6. The molecule has 0 radical (unpaired) electrons. The van der Waals surface area contributed by atoms with Crippen molar-refractivity contribution in [2.24, 2.45) is 7.05 Å². The molecule has 1 aromatic carbocycles. The van der Waals surface area contributed by atoms with Gasteiger partial charge in [0.1, 0.15) is 11.6 Å². The Morgan fingerprint density at radius 3 is 2.64 bits per heavy atom. The monoisotopic (exact) mass is 520 g/mol. The van der Waals surface area contributed by atoms with E-state index in [-0.39, 0.29) is 47.8 Å². The van der Waals surface area contributed by atoms with Crippen LogP contribution in [-0.2, 0) is 16.8 Å². The number of carbonyl (C=O) groups excluding carboxylic acids is 1. The maximum Gasteiger partial charge on any atom is 0.259 e. The zero-order valence-corrected chi connectivity index (χ0v) is 21.0. The standard InChI is InChI=1S/C24H27F3N6O2S/c1-15-18(16-12-30-32(2)14-16)13-29-22(33-9-4-7-24(26,27)8-10-33)21(15)23(34)31-17-5-6-19(25)20(11-17)36(3,28)35/h5-6,11-14,28H,4,7-10H2,1-3H3,(H,31,34). The molecular weight excluding hydrogens is 493 g/mol. The number of halogens is 3. The number of nitrogens with one attached hydrogen (secondary N) is 2. The van der Waals surface area contributed by atoms with Crippen LogP contribution >= 0.6 is 0 Å². The maximum atomic E-state index is 14.1. The second-order valence-electron chi connectivity index (χ2n) is 9.04. The lowest BCUT2D eigenvalue weighted by Crippen LogP contribution is -2.30. The van der Waals surface area contributed by atoms with Crippen molar-refractivity contribution in [3.63, 3.8) is 0 Å². The Bertz CT molecular complexity index is 1420. The summed E-state index contributed by atoms with van der Waals surface area (Å²) >= 11 is 0. The fourth-order valence-electron chi connectivity index (χ4n) is 4.30. The van der Waals surface area contributed by atoms with Crippen LogP contribution in [0.15, 0.2) is 41.7 Å². The number of alkyl halides is 2. The highest BCUT2D eigenvalue weighted by molar-refractivity contribution is 7.91. The van der Waals surface area contributed by atoms with Crippen LogP contribution in [0.1, 0.15) is 35.2 Å². The third-order valence-corrected chi connectivity index (χ3v) is 7.34. The van der Waals surface area contributed by atoms with Gasteiger partial charge in [0, 0.05) is 68.4 Å². The normalized spacial score (nSPS) is 17.3. The van der Waals surface area contributed by atoms with Crippen LogP contribution in [0.2, 0.25) is 0 Å². The van der Waals surface area contributed by atoms with Crippen LogP contribution < -0.4 is 10.2 Å². The molecule has 3 heterocycles. The Kier molecular flexibility index (Phi) is 6.82. The van der Waals surface area contributed by atoms with Gasteiger partial charge in [-0.05, 0) is 37.1 Å². The average molecular weight is 521 g/mol. The molecule has 1 fully saturated rings. The van der Waals surface area contributed by atoms with Gasteiger partial charge in [0.05, 0.1) is 26.4 Å². The fourth-order valence-corrected chi connectivity index (χ4v) is 5.09. The first-order valence-corrected chi connectivity index (χ1v) is 13.3. The molecule has 1 amide bonds. The van der Waals surface area contributed by atoms with Crippen molar-refractivity contribution >= 4 is 27.1 Å². The van der Waals surface area contributed by atoms with Crippen LogP contribution in [0.4, 0.5) is 24.7 Å². The third-order valence-electron chi connectivity index (χ3n) is 6.19. The smallest absolute Gasteiger partial charge is 0.259 e. The van der Waals surface area contributed by atoms with Gasteiger partial charge in [0.2, 0.25) is 5.92 Å². The maximum absolute atomic E-state index is 14.1. The van der Waals surface area contributed by atoms with Crippen molar-refractivity contribution in [1.29, 1.82) is 4.78 Å². The van der Waals surface area contributed by atoms with E-state index in [1.54, 1.807) is 42.1 Å². The second kappa shape index (κ2) is 9.57. The Balaban J connectivity index is 1.78. The van der Waals surface area contributed by atoms with Crippen molar-refractivity contribution in [3.05, 3.63) is 53.7 Å². The van der Waals surface area contributed by atoms with E-state index in [0.717, 1.165) is 17.9 Å². The van der Waals surface area contributed by atoms with Crippen LogP contribution in [0, 0.1) is 17.5 Å². The SMILES string of the molecule is Cc1c(-c2cnn(C)c2)cnc(N2CCCC(F)(F)CC2)c1C(=O)Nc1ccc(F)c(S(C)(=N)=O)c1. The van der Waals surface area contributed by atoms with E-state index < -0.39 is 27.4 Å². The van der Waals surface area contributed by atoms with E-state index in [4.69, 9.17) is 4.78 Å². The van der Waals surface area contributed by atoms with Crippen LogP contribution in [0.25, 0.3) is 11.1 Å². The van der Waals surface area contributed by atoms with Gasteiger partial charge in [-0.2, -0.15) is 5.10 Å². The van der Waals surface area contributed by atoms with E-state index in [0.29, 0.717) is 17.7 Å². The van der Waals surface area contributed by atoms with Gasteiger partial charge in [0.25, 0.3) is 5.91 Å². The summed E-state index contributed by atoms with van der Waals surface area (Å²) in [5, 5.41) is 6.86. The minimum atomic E-state index is -3.37. The third kappa shape index (κ3) is 5.38. The number of nitrogens with zero attached hydrogens (tertiary/aromatic N) is 4. The first kappa shape index (κ1) is 25.7. The summed E-state index contributed by atoms with van der Waals surface area (Å²) in [6.45, 7) is 2.09. The molecule has 8 nitrogen and oxygen atoms in total. The number of aryl methyl sites for hydroxylation is 1. The second-order valence-corrected chi connectivity index (χ2v) is 11.2. The highest BCUT2D eigenvalue weighted by atomic mass is 32.2. The first-order chi connectivity index (χ1) is 16.9. The van der Waals surface area contributed by atoms with Crippen LogP contribution in [0.3, 0.4) is 0 Å². The predicted molar refractivity (Wildman–Crippen MR) is 132 cm³/mol. The average Bonchev–Trinajstić information content (AvgIpc) is 3.13. The summed E-state index contributed by atoms with van der Waals surface area (Å²) < 4.78 is 63.7. The number of carbonyl (C=O) groups is 1. The minimum absolute atomic E-state index is 0.0311. The Hall–Kier alpha value is -3.41. The highest BCUT2D eigenvalue weighted by Gasteiger charge is 2.33. The topological polar surface area (TPSA) is 104 Å². The fraction of sp³-hybridized carbons (Fsp3) is 0.375. The summed E-state index contributed by atoms with van der Waals surface area (Å²) in [7, 11) is -1.61. The molecule has 1 aliphatic rings. The van der Waals surface area contributed by atoms with Gasteiger partial charge in [-0.25, -0.2) is 27.1 Å². The van der Waals surface area contributed by atoms with Gasteiger partial charge in [0.15, 0.2) is 0 Å². The van der Waals surface area contributed by atoms with E-state index in [1.807, 2.05) is 0 Å². The molecular formula is C24H27F3N6O2S. The molecule has 0 spiro atoms. The lowest BCUT2D eigenvalue weighted by atomic mass is 9.99. The Morgan fingerprint density at radius 2 is 1.97 bits per heavy atom. The summed E-state index contributed by atoms with van der Waals surface area (Å²) in [5.41, 5.74) is 2.30. The Labute approximate surface area is 207 Å². The molecule has 0 saturated carbocycles. The van der Waals surface area contributed by atoms with Crippen molar-refractivity contribution < 1.29 is 22.2 Å². The lowest BCUT2D eigenvalue weighted by molar-refractivity contribution is -0.0102. The van der Waals surface area contributed by atoms with Gasteiger partial charge in [-0.1, -0.05) is 0 Å². The van der Waals surface area contributed by atoms with Crippen molar-refractivity contribution in [2.75, 3.05) is 29.6 Å². The molecule has 0 bridgehead atoms. The predicted octanol–water partition coefficient (Wildman–Crippen LogP) is 4.84. The van der Waals surface area contributed by atoms with E-state index in [2.05, 4.69) is 15.4 Å². The number of amides is 1. The molecule has 192 valence electrons. The molecule has 1 atom stereocenters. The van der Waals surface area contributed by atoms with Gasteiger partial charge in [-0.3, -0.25) is 9.48 Å². The number of pyridine rings is 1. The number of anilines is 2. The van der Waals surface area contributed by atoms with Crippen LogP contribution in [-0.4, -0.2) is 50.1 Å². The highest BCUT2D eigenvalue weighted by Crippen LogP contribution is 2.34. The summed E-state index contributed by atoms with van der Waals surface area (Å²) in [6, 6.07) is 3.52. The van der Waals surface area contributed by atoms with Crippen molar-refractivity contribution in [3.8, 4) is 11.1 Å². The number of rotatable bonds is 5. The summed E-state index contributed by atoms with van der Waals surface area (Å²) in [4.78, 5) is 19.5.